The molecule has 0 radical (unpaired) electrons. The Kier molecular flexibility index (Phi) is 5.01. The van der Waals surface area contributed by atoms with E-state index >= 15 is 0 Å². The van der Waals surface area contributed by atoms with Gasteiger partial charge in [-0.15, -0.1) is 0 Å². The largest absolute Gasteiger partial charge is 0.495 e. The minimum absolute atomic E-state index is 0.343. The van der Waals surface area contributed by atoms with Gasteiger partial charge < -0.3 is 15.2 Å². The van der Waals surface area contributed by atoms with Crippen molar-refractivity contribution in [3.8, 4) is 5.75 Å². The number of benzene rings is 2. The van der Waals surface area contributed by atoms with Crippen LogP contribution in [0.4, 0.5) is 5.69 Å². The zero-order valence-corrected chi connectivity index (χ0v) is 12.6. The summed E-state index contributed by atoms with van der Waals surface area (Å²) in [6, 6.07) is 12.2. The molecule has 0 bridgehead atoms. The fourth-order valence-corrected chi connectivity index (χ4v) is 2.18. The lowest BCUT2D eigenvalue weighted by Gasteiger charge is -2.12. The summed E-state index contributed by atoms with van der Waals surface area (Å²) in [4.78, 5) is 11.0. The number of aliphatic carboxylic acids is 1. The van der Waals surface area contributed by atoms with Gasteiger partial charge in [-0.3, -0.25) is 5.41 Å². The van der Waals surface area contributed by atoms with E-state index < -0.39 is 11.7 Å². The molecule has 3 N–H and O–H groups in total. The van der Waals surface area contributed by atoms with Gasteiger partial charge in [0.15, 0.2) is 0 Å². The summed E-state index contributed by atoms with van der Waals surface area (Å²) in [5, 5.41) is 20.2. The Morgan fingerprint density at radius 2 is 2.05 bits per heavy atom. The van der Waals surface area contributed by atoms with Crippen LogP contribution in [0, 0.1) is 5.41 Å². The second-order valence-corrected chi connectivity index (χ2v) is 4.96. The van der Waals surface area contributed by atoms with E-state index in [-0.39, 0.29) is 0 Å². The van der Waals surface area contributed by atoms with Gasteiger partial charge in [-0.1, -0.05) is 35.9 Å². The van der Waals surface area contributed by atoms with Crippen molar-refractivity contribution >= 4 is 29.0 Å². The molecule has 0 aliphatic heterocycles. The van der Waals surface area contributed by atoms with E-state index in [2.05, 4.69) is 5.32 Å². The fraction of sp³-hybridized carbons (Fsp3) is 0.125. The number of carboxylic acids is 1. The fourth-order valence-electron chi connectivity index (χ4n) is 1.98. The third-order valence-corrected chi connectivity index (χ3v) is 3.42. The monoisotopic (exact) mass is 318 g/mol. The van der Waals surface area contributed by atoms with Crippen LogP contribution in [0.5, 0.6) is 5.75 Å². The number of hydrogen-bond donors (Lipinski definition) is 3. The van der Waals surface area contributed by atoms with E-state index in [4.69, 9.17) is 26.9 Å². The van der Waals surface area contributed by atoms with Crippen LogP contribution in [0.3, 0.4) is 0 Å². The second-order valence-electron chi connectivity index (χ2n) is 4.55. The third kappa shape index (κ3) is 3.56. The number of para-hydroxylation sites is 1. The molecule has 0 saturated carbocycles. The van der Waals surface area contributed by atoms with Crippen molar-refractivity contribution in [1.82, 2.24) is 0 Å². The van der Waals surface area contributed by atoms with E-state index in [9.17, 15) is 4.79 Å². The molecule has 2 rings (SSSR count). The summed E-state index contributed by atoms with van der Waals surface area (Å²) in [5.74, 6) is -0.685. The van der Waals surface area contributed by atoms with E-state index in [1.807, 2.05) is 6.07 Å². The van der Waals surface area contributed by atoms with E-state index in [0.717, 1.165) is 5.56 Å². The van der Waals surface area contributed by atoms with Crippen molar-refractivity contribution in [2.24, 2.45) is 0 Å². The maximum atomic E-state index is 11.0. The number of rotatable bonds is 6. The molecule has 0 atom stereocenters. The normalized spacial score (nSPS) is 10.1. The summed E-state index contributed by atoms with van der Waals surface area (Å²) in [6.45, 7) is 0.456. The van der Waals surface area contributed by atoms with Gasteiger partial charge in [0.25, 0.3) is 0 Å². The van der Waals surface area contributed by atoms with Crippen LogP contribution < -0.4 is 10.1 Å². The lowest BCUT2D eigenvalue weighted by molar-refractivity contribution is -0.129. The molecule has 2 aromatic carbocycles. The topological polar surface area (TPSA) is 82.4 Å². The number of ether oxygens (including phenoxy) is 1. The molecule has 0 unspecified atom stereocenters. The summed E-state index contributed by atoms with van der Waals surface area (Å²) in [6.07, 6.45) is 0. The van der Waals surface area contributed by atoms with Crippen molar-refractivity contribution in [3.05, 3.63) is 58.6 Å². The highest BCUT2D eigenvalue weighted by molar-refractivity contribution is 6.42. The number of carboxylic acid groups (broad SMARTS) is 1. The Labute approximate surface area is 133 Å². The van der Waals surface area contributed by atoms with Crippen molar-refractivity contribution < 1.29 is 14.6 Å². The van der Waals surface area contributed by atoms with E-state index in [1.54, 1.807) is 43.5 Å². The summed E-state index contributed by atoms with van der Waals surface area (Å²) >= 11 is 5.98. The molecule has 0 aromatic heterocycles. The van der Waals surface area contributed by atoms with Crippen molar-refractivity contribution in [2.75, 3.05) is 12.4 Å². The van der Waals surface area contributed by atoms with Gasteiger partial charge in [-0.05, 0) is 23.8 Å². The Morgan fingerprint density at radius 1 is 1.32 bits per heavy atom. The highest BCUT2D eigenvalue weighted by Gasteiger charge is 2.13. The maximum absolute atomic E-state index is 11.0. The quantitative estimate of drug-likeness (QED) is 0.713. The van der Waals surface area contributed by atoms with Crippen LogP contribution in [-0.4, -0.2) is 23.9 Å². The summed E-state index contributed by atoms with van der Waals surface area (Å²) in [7, 11) is 1.54. The minimum atomic E-state index is -1.26. The van der Waals surface area contributed by atoms with Crippen molar-refractivity contribution in [3.63, 3.8) is 0 Å². The number of hydrogen-bond acceptors (Lipinski definition) is 4. The van der Waals surface area contributed by atoms with Crippen molar-refractivity contribution in [1.29, 1.82) is 5.41 Å². The Morgan fingerprint density at radius 3 is 2.73 bits per heavy atom. The Bertz CT molecular complexity index is 716. The third-order valence-electron chi connectivity index (χ3n) is 3.11. The van der Waals surface area contributed by atoms with E-state index in [1.165, 1.54) is 0 Å². The zero-order chi connectivity index (χ0) is 16.1. The molecule has 5 nitrogen and oxygen atoms in total. The molecular formula is C16H15ClN2O3. The van der Waals surface area contributed by atoms with Crippen LogP contribution in [0.2, 0.25) is 5.02 Å². The molecule has 0 amide bonds. The molecular weight excluding hydrogens is 304 g/mol. The molecule has 0 aliphatic carbocycles. The first-order valence-corrected chi connectivity index (χ1v) is 6.88. The van der Waals surface area contributed by atoms with Gasteiger partial charge in [-0.2, -0.15) is 0 Å². The first-order chi connectivity index (χ1) is 10.5. The predicted molar refractivity (Wildman–Crippen MR) is 86.2 cm³/mol. The zero-order valence-electron chi connectivity index (χ0n) is 11.9. The lowest BCUT2D eigenvalue weighted by Crippen LogP contribution is -2.15. The van der Waals surface area contributed by atoms with Crippen LogP contribution >= 0.6 is 11.6 Å². The van der Waals surface area contributed by atoms with Gasteiger partial charge >= 0.3 is 5.97 Å². The minimum Gasteiger partial charge on any atom is -0.495 e. The number of halogens is 1. The molecule has 0 fully saturated rings. The molecule has 0 spiro atoms. The first-order valence-electron chi connectivity index (χ1n) is 6.50. The lowest BCUT2D eigenvalue weighted by atomic mass is 10.1. The first kappa shape index (κ1) is 15.9. The van der Waals surface area contributed by atoms with E-state index in [0.29, 0.717) is 28.6 Å². The number of nitrogens with one attached hydrogen (secondary N) is 2. The van der Waals surface area contributed by atoms with Crippen LogP contribution in [0.15, 0.2) is 42.5 Å². The van der Waals surface area contributed by atoms with Crippen molar-refractivity contribution in [2.45, 2.75) is 6.54 Å². The predicted octanol–water partition coefficient (Wildman–Crippen LogP) is 3.41. The average molecular weight is 319 g/mol. The van der Waals surface area contributed by atoms with Gasteiger partial charge in [-0.25, -0.2) is 4.79 Å². The molecule has 6 heteroatoms. The molecule has 0 heterocycles. The van der Waals surface area contributed by atoms with Crippen LogP contribution in [-0.2, 0) is 11.3 Å². The van der Waals surface area contributed by atoms with Gasteiger partial charge in [0.05, 0.1) is 12.1 Å². The highest BCUT2D eigenvalue weighted by Crippen LogP contribution is 2.25. The Hall–Kier alpha value is -2.53. The second kappa shape index (κ2) is 6.95. The standard InChI is InChI=1S/C16H15ClN2O3/c1-22-14-8-10(6-7-12(14)17)9-19-13-5-3-2-4-11(13)15(18)16(20)21/h2-8,18-19H,9H2,1H3,(H,20,21). The Balaban J connectivity index is 2.19. The van der Waals surface area contributed by atoms with Gasteiger partial charge in [0.2, 0.25) is 0 Å². The summed E-state index contributed by atoms with van der Waals surface area (Å²) < 4.78 is 5.16. The van der Waals surface area contributed by atoms with Gasteiger partial charge in [0, 0.05) is 17.8 Å². The number of anilines is 1. The molecule has 114 valence electrons. The number of methoxy groups -OCH3 is 1. The van der Waals surface area contributed by atoms with Crippen LogP contribution in [0.1, 0.15) is 11.1 Å². The summed E-state index contributed by atoms with van der Waals surface area (Å²) in [5.41, 5.74) is 1.41. The average Bonchev–Trinajstić information content (AvgIpc) is 2.53. The molecule has 22 heavy (non-hydrogen) atoms. The smallest absolute Gasteiger partial charge is 0.354 e. The van der Waals surface area contributed by atoms with Crippen LogP contribution in [0.25, 0.3) is 0 Å². The SMILES string of the molecule is COc1cc(CNc2ccccc2C(=N)C(=O)O)ccc1Cl. The molecule has 0 saturated heterocycles. The number of carbonyl (C=O) groups is 1. The highest BCUT2D eigenvalue weighted by atomic mass is 35.5. The van der Waals surface area contributed by atoms with Gasteiger partial charge in [0.1, 0.15) is 11.5 Å². The maximum Gasteiger partial charge on any atom is 0.354 e. The molecule has 2 aromatic rings. The molecule has 0 aliphatic rings.